The van der Waals surface area contributed by atoms with Crippen LogP contribution in [0.1, 0.15) is 19.2 Å². The fourth-order valence-corrected chi connectivity index (χ4v) is 3.94. The highest BCUT2D eigenvalue weighted by molar-refractivity contribution is 7.89. The van der Waals surface area contributed by atoms with E-state index in [-0.39, 0.29) is 11.4 Å². The number of sulfonamides is 1. The molecular formula is C18H20ClN3O2S. The number of halogens is 1. The van der Waals surface area contributed by atoms with Crippen LogP contribution in [0, 0.1) is 0 Å². The predicted octanol–water partition coefficient (Wildman–Crippen LogP) is 3.62. The van der Waals surface area contributed by atoms with Gasteiger partial charge in [-0.1, -0.05) is 30.7 Å². The van der Waals surface area contributed by atoms with Gasteiger partial charge < -0.3 is 4.57 Å². The highest BCUT2D eigenvalue weighted by Gasteiger charge is 2.15. The number of hydrogen-bond acceptors (Lipinski definition) is 3. The van der Waals surface area contributed by atoms with Crippen LogP contribution in [-0.4, -0.2) is 24.5 Å². The molecule has 0 atom stereocenters. The maximum Gasteiger partial charge on any atom is 0.240 e. The van der Waals surface area contributed by atoms with Crippen molar-refractivity contribution in [2.24, 2.45) is 0 Å². The van der Waals surface area contributed by atoms with Gasteiger partial charge in [0.2, 0.25) is 10.0 Å². The van der Waals surface area contributed by atoms with Crippen LogP contribution in [0.2, 0.25) is 5.02 Å². The summed E-state index contributed by atoms with van der Waals surface area (Å²) >= 11 is 5.81. The van der Waals surface area contributed by atoms with Gasteiger partial charge in [-0.2, -0.15) is 0 Å². The number of nitrogens with zero attached hydrogens (tertiary/aromatic N) is 2. The quantitative estimate of drug-likeness (QED) is 0.683. The van der Waals surface area contributed by atoms with E-state index in [2.05, 4.69) is 21.2 Å². The predicted molar refractivity (Wildman–Crippen MR) is 100 cm³/mol. The van der Waals surface area contributed by atoms with Crippen molar-refractivity contribution < 1.29 is 8.42 Å². The van der Waals surface area contributed by atoms with Gasteiger partial charge in [0.05, 0.1) is 15.9 Å². The molecule has 0 radical (unpaired) electrons. The van der Waals surface area contributed by atoms with Gasteiger partial charge in [-0.25, -0.2) is 18.1 Å². The molecule has 0 amide bonds. The average molecular weight is 378 g/mol. The van der Waals surface area contributed by atoms with Gasteiger partial charge in [-0.3, -0.25) is 0 Å². The Morgan fingerprint density at radius 2 is 1.84 bits per heavy atom. The van der Waals surface area contributed by atoms with Gasteiger partial charge >= 0.3 is 0 Å². The molecule has 3 aromatic rings. The third-order valence-corrected chi connectivity index (χ3v) is 5.67. The van der Waals surface area contributed by atoms with Crippen molar-refractivity contribution in [2.45, 2.75) is 31.2 Å². The highest BCUT2D eigenvalue weighted by atomic mass is 35.5. The molecule has 0 fully saturated rings. The fourth-order valence-electron chi connectivity index (χ4n) is 2.78. The molecule has 1 aromatic heterocycles. The van der Waals surface area contributed by atoms with Crippen LogP contribution in [0.3, 0.4) is 0 Å². The van der Waals surface area contributed by atoms with Gasteiger partial charge in [0, 0.05) is 24.5 Å². The number of fused-ring (bicyclic) bond motifs is 1. The summed E-state index contributed by atoms with van der Waals surface area (Å²) in [5, 5.41) is 0.507. The number of hydrogen-bond donors (Lipinski definition) is 1. The minimum atomic E-state index is -3.55. The average Bonchev–Trinajstić information content (AvgIpc) is 2.93. The Morgan fingerprint density at radius 1 is 1.12 bits per heavy atom. The molecule has 0 spiro atoms. The van der Waals surface area contributed by atoms with E-state index in [1.165, 1.54) is 12.1 Å². The van der Waals surface area contributed by atoms with Crippen molar-refractivity contribution in [3.05, 3.63) is 59.4 Å². The molecule has 7 heteroatoms. The minimum absolute atomic E-state index is 0.207. The number of aryl methyl sites for hydroxylation is 1. The fraction of sp³-hybridized carbons (Fsp3) is 0.278. The van der Waals surface area contributed by atoms with Gasteiger partial charge in [-0.15, -0.1) is 0 Å². The lowest BCUT2D eigenvalue weighted by molar-refractivity contribution is 0.578. The van der Waals surface area contributed by atoms with Crippen molar-refractivity contribution in [2.75, 3.05) is 6.54 Å². The summed E-state index contributed by atoms with van der Waals surface area (Å²) in [5.41, 5.74) is 2.02. The van der Waals surface area contributed by atoms with Crippen molar-refractivity contribution in [1.82, 2.24) is 14.3 Å². The van der Waals surface area contributed by atoms with E-state index in [0.29, 0.717) is 11.4 Å². The number of aromatic nitrogens is 2. The SMILES string of the molecule is CCCn1c(CCNS(=O)(=O)c2ccc(Cl)cc2)nc2ccccc21. The van der Waals surface area contributed by atoms with Crippen molar-refractivity contribution in [1.29, 1.82) is 0 Å². The Kier molecular flexibility index (Phi) is 5.42. The largest absolute Gasteiger partial charge is 0.328 e. The second-order valence-electron chi connectivity index (χ2n) is 5.77. The number of nitrogens with one attached hydrogen (secondary N) is 1. The topological polar surface area (TPSA) is 64.0 Å². The summed E-state index contributed by atoms with van der Waals surface area (Å²) in [6.45, 7) is 3.26. The molecule has 0 aliphatic rings. The lowest BCUT2D eigenvalue weighted by atomic mass is 10.3. The zero-order valence-electron chi connectivity index (χ0n) is 13.9. The standard InChI is InChI=1S/C18H20ClN3O2S/c1-2-13-22-17-6-4-3-5-16(17)21-18(22)11-12-20-25(23,24)15-9-7-14(19)8-10-15/h3-10,20H,2,11-13H2,1H3. The third-order valence-electron chi connectivity index (χ3n) is 3.95. The summed E-state index contributed by atoms with van der Waals surface area (Å²) in [6.07, 6.45) is 1.52. The lowest BCUT2D eigenvalue weighted by Crippen LogP contribution is -2.26. The molecule has 2 aromatic carbocycles. The number of benzene rings is 2. The maximum atomic E-state index is 12.3. The van der Waals surface area contributed by atoms with E-state index in [1.807, 2.05) is 24.3 Å². The molecule has 132 valence electrons. The second-order valence-corrected chi connectivity index (χ2v) is 7.97. The summed E-state index contributed by atoms with van der Waals surface area (Å²) in [6, 6.07) is 14.1. The Labute approximate surface area is 152 Å². The first-order chi connectivity index (χ1) is 12.0. The lowest BCUT2D eigenvalue weighted by Gasteiger charge is -2.09. The first-order valence-electron chi connectivity index (χ1n) is 8.20. The molecule has 3 rings (SSSR count). The van der Waals surface area contributed by atoms with E-state index in [1.54, 1.807) is 12.1 Å². The smallest absolute Gasteiger partial charge is 0.240 e. The van der Waals surface area contributed by atoms with Gasteiger partial charge in [0.1, 0.15) is 5.82 Å². The minimum Gasteiger partial charge on any atom is -0.328 e. The molecule has 1 heterocycles. The Morgan fingerprint density at radius 3 is 2.56 bits per heavy atom. The van der Waals surface area contributed by atoms with Crippen molar-refractivity contribution in [3.63, 3.8) is 0 Å². The molecule has 0 bridgehead atoms. The van der Waals surface area contributed by atoms with Crippen molar-refractivity contribution in [3.8, 4) is 0 Å². The third kappa shape index (κ3) is 4.03. The molecule has 0 saturated carbocycles. The summed E-state index contributed by atoms with van der Waals surface area (Å²) < 4.78 is 29.5. The zero-order valence-corrected chi connectivity index (χ0v) is 15.5. The number of para-hydroxylation sites is 2. The molecule has 1 N–H and O–H groups in total. The van der Waals surface area contributed by atoms with Crippen LogP contribution in [0.15, 0.2) is 53.4 Å². The van der Waals surface area contributed by atoms with Crippen LogP contribution >= 0.6 is 11.6 Å². The molecule has 0 unspecified atom stereocenters. The van der Waals surface area contributed by atoms with Crippen LogP contribution in [-0.2, 0) is 23.0 Å². The second kappa shape index (κ2) is 7.56. The Bertz CT molecular complexity index is 966. The van der Waals surface area contributed by atoms with Crippen LogP contribution < -0.4 is 4.72 Å². The molecule has 5 nitrogen and oxygen atoms in total. The molecule has 0 saturated heterocycles. The molecule has 0 aliphatic carbocycles. The van der Waals surface area contributed by atoms with E-state index in [0.717, 1.165) is 29.8 Å². The molecule has 25 heavy (non-hydrogen) atoms. The normalized spacial score (nSPS) is 11.9. The highest BCUT2D eigenvalue weighted by Crippen LogP contribution is 2.17. The molecular weight excluding hydrogens is 358 g/mol. The maximum absolute atomic E-state index is 12.3. The van der Waals surface area contributed by atoms with Gasteiger partial charge in [0.15, 0.2) is 0 Å². The van der Waals surface area contributed by atoms with Crippen LogP contribution in [0.4, 0.5) is 0 Å². The summed E-state index contributed by atoms with van der Waals surface area (Å²) in [7, 11) is -3.55. The summed E-state index contributed by atoms with van der Waals surface area (Å²) in [4.78, 5) is 4.85. The first kappa shape index (κ1) is 17.9. The Balaban J connectivity index is 1.74. The van der Waals surface area contributed by atoms with Crippen LogP contribution in [0.25, 0.3) is 11.0 Å². The number of imidazole rings is 1. The van der Waals surface area contributed by atoms with Gasteiger partial charge in [-0.05, 0) is 42.8 Å². The van der Waals surface area contributed by atoms with E-state index in [4.69, 9.17) is 11.6 Å². The van der Waals surface area contributed by atoms with Gasteiger partial charge in [0.25, 0.3) is 0 Å². The van der Waals surface area contributed by atoms with E-state index < -0.39 is 10.0 Å². The first-order valence-corrected chi connectivity index (χ1v) is 10.1. The molecule has 0 aliphatic heterocycles. The Hall–Kier alpha value is -1.89. The zero-order chi connectivity index (χ0) is 17.9. The van der Waals surface area contributed by atoms with E-state index >= 15 is 0 Å². The van der Waals surface area contributed by atoms with E-state index in [9.17, 15) is 8.42 Å². The monoisotopic (exact) mass is 377 g/mol. The number of rotatable bonds is 7. The van der Waals surface area contributed by atoms with Crippen molar-refractivity contribution >= 4 is 32.7 Å². The summed E-state index contributed by atoms with van der Waals surface area (Å²) in [5.74, 6) is 0.891. The van der Waals surface area contributed by atoms with Crippen LogP contribution in [0.5, 0.6) is 0 Å².